The van der Waals surface area contributed by atoms with Crippen molar-refractivity contribution in [3.63, 3.8) is 0 Å². The van der Waals surface area contributed by atoms with Crippen molar-refractivity contribution in [3.8, 4) is 0 Å². The van der Waals surface area contributed by atoms with Crippen LogP contribution in [-0.4, -0.2) is 6.54 Å². The van der Waals surface area contributed by atoms with Gasteiger partial charge in [-0.15, -0.1) is 0 Å². The summed E-state index contributed by atoms with van der Waals surface area (Å²) in [6.45, 7) is 0.809. The number of hydrogen-bond donors (Lipinski definition) is 1. The molecule has 1 nitrogen and oxygen atoms in total. The van der Waals surface area contributed by atoms with Gasteiger partial charge in [0, 0.05) is 6.04 Å². The predicted molar refractivity (Wildman–Crippen MR) is 51.3 cm³/mol. The predicted octanol–water partition coefficient (Wildman–Crippen LogP) is 3.19. The van der Waals surface area contributed by atoms with Gasteiger partial charge in [-0.1, -0.05) is 12.1 Å². The quantitative estimate of drug-likeness (QED) is 0.798. The van der Waals surface area contributed by atoms with Crippen molar-refractivity contribution in [2.75, 3.05) is 6.54 Å². The van der Waals surface area contributed by atoms with Crippen molar-refractivity contribution < 1.29 is 13.2 Å². The molecule has 0 bridgehead atoms. The van der Waals surface area contributed by atoms with Crippen LogP contribution in [0, 0.1) is 5.82 Å². The van der Waals surface area contributed by atoms with Gasteiger partial charge in [0.05, 0.1) is 5.56 Å². The number of alkyl halides is 2. The molecule has 15 heavy (non-hydrogen) atoms. The molecule has 2 rings (SSSR count). The van der Waals surface area contributed by atoms with Crippen molar-refractivity contribution in [1.82, 2.24) is 5.32 Å². The lowest BCUT2D eigenvalue weighted by Crippen LogP contribution is -2.15. The van der Waals surface area contributed by atoms with E-state index in [1.807, 2.05) is 0 Å². The van der Waals surface area contributed by atoms with E-state index in [1.165, 1.54) is 6.07 Å². The molecule has 0 spiro atoms. The van der Waals surface area contributed by atoms with Gasteiger partial charge in [0.1, 0.15) is 5.82 Å². The zero-order chi connectivity index (χ0) is 10.8. The Bertz CT molecular complexity index is 346. The van der Waals surface area contributed by atoms with Gasteiger partial charge in [-0.25, -0.2) is 13.2 Å². The fourth-order valence-electron chi connectivity index (χ4n) is 2.04. The molecule has 0 aliphatic carbocycles. The summed E-state index contributed by atoms with van der Waals surface area (Å²) in [6.07, 6.45) is -1.00. The van der Waals surface area contributed by atoms with E-state index in [4.69, 9.17) is 0 Å². The zero-order valence-corrected chi connectivity index (χ0v) is 8.14. The molecule has 1 unspecified atom stereocenters. The van der Waals surface area contributed by atoms with Crippen LogP contribution in [0.4, 0.5) is 13.2 Å². The van der Waals surface area contributed by atoms with E-state index in [0.29, 0.717) is 5.56 Å². The topological polar surface area (TPSA) is 12.0 Å². The first-order valence-corrected chi connectivity index (χ1v) is 5.00. The molecule has 1 aliphatic heterocycles. The smallest absolute Gasteiger partial charge is 0.266 e. The highest BCUT2D eigenvalue weighted by molar-refractivity contribution is 5.32. The number of hydrogen-bond acceptors (Lipinski definition) is 1. The fraction of sp³-hybridized carbons (Fsp3) is 0.455. The highest BCUT2D eigenvalue weighted by Gasteiger charge is 2.25. The summed E-state index contributed by atoms with van der Waals surface area (Å²) in [5.74, 6) is -0.809. The van der Waals surface area contributed by atoms with Crippen LogP contribution in [0.1, 0.15) is 36.4 Å². The third-order valence-corrected chi connectivity index (χ3v) is 2.74. The lowest BCUT2D eigenvalue weighted by molar-refractivity contribution is 0.144. The summed E-state index contributed by atoms with van der Waals surface area (Å²) >= 11 is 0. The Morgan fingerprint density at radius 1 is 1.33 bits per heavy atom. The zero-order valence-electron chi connectivity index (χ0n) is 8.14. The highest BCUT2D eigenvalue weighted by Crippen LogP contribution is 2.33. The third-order valence-electron chi connectivity index (χ3n) is 2.74. The van der Waals surface area contributed by atoms with Crippen molar-refractivity contribution in [2.24, 2.45) is 0 Å². The van der Waals surface area contributed by atoms with E-state index in [-0.39, 0.29) is 6.04 Å². The molecule has 82 valence electrons. The summed E-state index contributed by atoms with van der Waals surface area (Å²) in [5.41, 5.74) is -0.0422. The van der Waals surface area contributed by atoms with Crippen molar-refractivity contribution in [1.29, 1.82) is 0 Å². The second kappa shape index (κ2) is 4.23. The van der Waals surface area contributed by atoms with Crippen molar-refractivity contribution >= 4 is 0 Å². The molecule has 1 saturated heterocycles. The number of halogens is 3. The minimum absolute atomic E-state index is 0.121. The average Bonchev–Trinajstić information content (AvgIpc) is 2.69. The molecule has 1 fully saturated rings. The largest absolute Gasteiger partial charge is 0.310 e. The summed E-state index contributed by atoms with van der Waals surface area (Å²) in [7, 11) is 0. The molecule has 1 aromatic carbocycles. The Labute approximate surface area is 86.3 Å². The monoisotopic (exact) mass is 215 g/mol. The van der Waals surface area contributed by atoms with Crippen LogP contribution in [-0.2, 0) is 0 Å². The van der Waals surface area contributed by atoms with Gasteiger partial charge in [0.25, 0.3) is 6.43 Å². The maximum atomic E-state index is 13.2. The molecule has 0 aromatic heterocycles. The number of nitrogens with one attached hydrogen (secondary N) is 1. The van der Waals surface area contributed by atoms with Crippen LogP contribution in [0.5, 0.6) is 0 Å². The van der Waals surface area contributed by atoms with E-state index in [1.54, 1.807) is 6.07 Å². The first-order chi connectivity index (χ1) is 7.20. The Balaban J connectivity index is 2.40. The molecule has 1 atom stereocenters. The summed E-state index contributed by atoms with van der Waals surface area (Å²) in [4.78, 5) is 0. The lowest BCUT2D eigenvalue weighted by atomic mass is 9.99. The minimum atomic E-state index is -2.75. The maximum Gasteiger partial charge on any atom is 0.266 e. The van der Waals surface area contributed by atoms with Crippen LogP contribution in [0.25, 0.3) is 0 Å². The average molecular weight is 215 g/mol. The Kier molecular flexibility index (Phi) is 2.95. The van der Waals surface area contributed by atoms with Crippen LogP contribution in [0.15, 0.2) is 18.2 Å². The van der Waals surface area contributed by atoms with Gasteiger partial charge in [-0.05, 0) is 31.0 Å². The fourth-order valence-corrected chi connectivity index (χ4v) is 2.04. The standard InChI is InChI=1S/C11H12F3N/c12-8-4-1-3-7(10(8)11(13)14)9-5-2-6-15-9/h1,3-4,9,11,15H,2,5-6H2. The first kappa shape index (κ1) is 10.5. The van der Waals surface area contributed by atoms with Gasteiger partial charge in [-0.2, -0.15) is 0 Å². The molecule has 0 amide bonds. The van der Waals surface area contributed by atoms with Crippen molar-refractivity contribution in [3.05, 3.63) is 35.1 Å². The van der Waals surface area contributed by atoms with Crippen LogP contribution >= 0.6 is 0 Å². The minimum Gasteiger partial charge on any atom is -0.310 e. The molecule has 0 saturated carbocycles. The molecular formula is C11H12F3N. The Morgan fingerprint density at radius 2 is 2.13 bits per heavy atom. The number of rotatable bonds is 2. The van der Waals surface area contributed by atoms with Gasteiger partial charge < -0.3 is 5.32 Å². The SMILES string of the molecule is Fc1cccc(C2CCCN2)c1C(F)F. The normalized spacial score (nSPS) is 21.2. The summed E-state index contributed by atoms with van der Waals surface area (Å²) in [5, 5.41) is 3.10. The molecule has 0 radical (unpaired) electrons. The molecule has 1 aliphatic rings. The molecule has 4 heteroatoms. The van der Waals surface area contributed by atoms with Gasteiger partial charge in [-0.3, -0.25) is 0 Å². The lowest BCUT2D eigenvalue weighted by Gasteiger charge is -2.15. The first-order valence-electron chi connectivity index (χ1n) is 5.00. The summed E-state index contributed by atoms with van der Waals surface area (Å²) in [6, 6.07) is 4.02. The van der Waals surface area contributed by atoms with Gasteiger partial charge in [0.2, 0.25) is 0 Å². The second-order valence-electron chi connectivity index (χ2n) is 3.69. The second-order valence-corrected chi connectivity index (χ2v) is 3.69. The van der Waals surface area contributed by atoms with E-state index in [9.17, 15) is 13.2 Å². The maximum absolute atomic E-state index is 13.2. The van der Waals surface area contributed by atoms with E-state index in [2.05, 4.69) is 5.32 Å². The Morgan fingerprint density at radius 3 is 2.73 bits per heavy atom. The van der Waals surface area contributed by atoms with Gasteiger partial charge in [0.15, 0.2) is 0 Å². The summed E-state index contributed by atoms with van der Waals surface area (Å²) < 4.78 is 38.6. The number of benzene rings is 1. The van der Waals surface area contributed by atoms with Gasteiger partial charge >= 0.3 is 0 Å². The van der Waals surface area contributed by atoms with Crippen LogP contribution in [0.2, 0.25) is 0 Å². The van der Waals surface area contributed by atoms with Crippen LogP contribution < -0.4 is 5.32 Å². The molecule has 1 aromatic rings. The molecule has 1 N–H and O–H groups in total. The van der Waals surface area contributed by atoms with E-state index >= 15 is 0 Å². The van der Waals surface area contributed by atoms with E-state index < -0.39 is 17.8 Å². The van der Waals surface area contributed by atoms with Crippen molar-refractivity contribution in [2.45, 2.75) is 25.3 Å². The third kappa shape index (κ3) is 2.00. The van der Waals surface area contributed by atoms with Crippen LogP contribution in [0.3, 0.4) is 0 Å². The highest BCUT2D eigenvalue weighted by atomic mass is 19.3. The van der Waals surface area contributed by atoms with E-state index in [0.717, 1.165) is 25.5 Å². The molecular weight excluding hydrogens is 203 g/mol. The molecule has 1 heterocycles. The Hall–Kier alpha value is -1.03.